The molecule has 0 saturated carbocycles. The van der Waals surface area contributed by atoms with Crippen molar-refractivity contribution >= 4 is 11.9 Å². The van der Waals surface area contributed by atoms with E-state index in [-0.39, 0.29) is 19.4 Å². The van der Waals surface area contributed by atoms with Gasteiger partial charge in [-0.2, -0.15) is 0 Å². The van der Waals surface area contributed by atoms with Crippen LogP contribution in [0.25, 0.3) is 0 Å². The molecule has 2 fully saturated rings. The normalized spacial score (nSPS) is 26.1. The average Bonchev–Trinajstić information content (AvgIpc) is 3.35. The molecule has 4 unspecified atom stereocenters. The summed E-state index contributed by atoms with van der Waals surface area (Å²) in [5.74, 6) is -1.01. The number of carbonyl (C=O) groups is 2. The van der Waals surface area contributed by atoms with Crippen molar-refractivity contribution in [3.63, 3.8) is 0 Å². The number of carbonyl (C=O) groups excluding carboxylic acids is 2. The fourth-order valence-corrected chi connectivity index (χ4v) is 7.50. The van der Waals surface area contributed by atoms with E-state index < -0.39 is 99.3 Å². The van der Waals surface area contributed by atoms with E-state index >= 15 is 0 Å². The van der Waals surface area contributed by atoms with Crippen LogP contribution in [0.4, 0.5) is 0 Å². The smallest absolute Gasteiger partial charge is 0.306 e. The Labute approximate surface area is 418 Å². The molecule has 400 valence electrons. The molecule has 0 aromatic heterocycles. The second kappa shape index (κ2) is 41.2. The maximum atomic E-state index is 13.0. The van der Waals surface area contributed by atoms with Gasteiger partial charge in [0, 0.05) is 12.8 Å². The maximum Gasteiger partial charge on any atom is 0.306 e. The van der Waals surface area contributed by atoms with Crippen LogP contribution in [0.5, 0.6) is 0 Å². The van der Waals surface area contributed by atoms with Gasteiger partial charge in [-0.15, -0.1) is 0 Å². The molecule has 0 spiro atoms. The summed E-state index contributed by atoms with van der Waals surface area (Å²) in [5.41, 5.74) is 0. The minimum Gasteiger partial charge on any atom is -0.462 e. The summed E-state index contributed by atoms with van der Waals surface area (Å²) in [5, 5.41) is 72.1. The van der Waals surface area contributed by atoms with Crippen molar-refractivity contribution in [2.45, 2.75) is 223 Å². The zero-order valence-electron chi connectivity index (χ0n) is 42.2. The molecule has 7 N–H and O–H groups in total. The van der Waals surface area contributed by atoms with Crippen LogP contribution >= 0.6 is 0 Å². The molecular formula is C55H90O15. The Kier molecular flexibility index (Phi) is 36.9. The molecule has 11 atom stereocenters. The van der Waals surface area contributed by atoms with Gasteiger partial charge in [-0.25, -0.2) is 0 Å². The molecule has 15 heteroatoms. The first kappa shape index (κ1) is 62.8. The van der Waals surface area contributed by atoms with Crippen molar-refractivity contribution in [1.29, 1.82) is 0 Å². The Hall–Kier alpha value is -3.32. The molecule has 2 rings (SSSR count). The minimum atomic E-state index is -1.78. The molecule has 0 aromatic carbocycles. The SMILES string of the molecule is CCCCC/C=C/C/C=C/C/C=C/C/C=C/CCCCCC(=O)O[C@H](COC(=O)CCCC/C=C/C/C=C/C/C=C/CCCCC)CO[C@H]1O[C@@H](CO[C@H]2O[C@@H](CO)[C@@H](O)C(O)C2O)[C@@H](O)C(O)C1O. The standard InChI is InChI=1S/C55H90O15/c1-3-5-7-9-11-13-15-17-19-20-21-22-24-26-28-30-32-34-36-38-47(58)68-43(40-65-46(57)37-35-33-31-29-27-25-23-18-16-14-12-10-8-6-4-2)41-66-54-53(64)51(62)49(60)45(70-54)42-67-55-52(63)50(61)48(59)44(39-56)69-55/h11-14,17-19,21-23,26-29,43-45,48-56,59-64H,3-10,15-16,20,24-25,30-42H2,1-2H3/b13-11+,14-12+,19-17+,22-21+,23-18+,28-26+,29-27+/t43-,44+,45+,48-,49-,50?,51?,52?,53?,54+,55+/m1/s1. The number of unbranched alkanes of at least 4 members (excludes halogenated alkanes) is 11. The molecular weight excluding hydrogens is 901 g/mol. The third-order valence-corrected chi connectivity index (χ3v) is 11.8. The topological polar surface area (TPSA) is 231 Å². The van der Waals surface area contributed by atoms with Crippen LogP contribution in [-0.4, -0.2) is 142 Å². The van der Waals surface area contributed by atoms with Crippen LogP contribution < -0.4 is 0 Å². The van der Waals surface area contributed by atoms with Crippen LogP contribution in [0, 0.1) is 0 Å². The van der Waals surface area contributed by atoms with Crippen molar-refractivity contribution in [1.82, 2.24) is 0 Å². The molecule has 0 amide bonds. The molecule has 2 aliphatic rings. The fraction of sp³-hybridized carbons (Fsp3) is 0.709. The first-order valence-electron chi connectivity index (χ1n) is 26.2. The van der Waals surface area contributed by atoms with Crippen molar-refractivity contribution in [2.75, 3.05) is 26.4 Å². The van der Waals surface area contributed by atoms with Crippen molar-refractivity contribution in [2.24, 2.45) is 0 Å². The fourth-order valence-electron chi connectivity index (χ4n) is 7.50. The zero-order valence-corrected chi connectivity index (χ0v) is 42.2. The van der Waals surface area contributed by atoms with Gasteiger partial charge in [0.15, 0.2) is 18.7 Å². The lowest BCUT2D eigenvalue weighted by atomic mass is 9.98. The van der Waals surface area contributed by atoms with E-state index in [0.29, 0.717) is 12.8 Å². The summed E-state index contributed by atoms with van der Waals surface area (Å²) < 4.78 is 33.5. The van der Waals surface area contributed by atoms with Crippen LogP contribution in [-0.2, 0) is 38.0 Å². The lowest BCUT2D eigenvalue weighted by Crippen LogP contribution is -2.61. The van der Waals surface area contributed by atoms with E-state index in [4.69, 9.17) is 28.4 Å². The number of ether oxygens (including phenoxy) is 6. The first-order chi connectivity index (χ1) is 34.0. The van der Waals surface area contributed by atoms with E-state index in [1.54, 1.807) is 0 Å². The van der Waals surface area contributed by atoms with E-state index in [9.17, 15) is 45.3 Å². The Morgan fingerprint density at radius 3 is 1.34 bits per heavy atom. The van der Waals surface area contributed by atoms with Gasteiger partial charge in [0.1, 0.15) is 55.4 Å². The molecule has 70 heavy (non-hydrogen) atoms. The highest BCUT2D eigenvalue weighted by Crippen LogP contribution is 2.26. The number of aliphatic hydroxyl groups is 7. The number of aliphatic hydroxyl groups excluding tert-OH is 7. The maximum absolute atomic E-state index is 13.0. The van der Waals surface area contributed by atoms with Crippen molar-refractivity contribution < 1.29 is 73.8 Å². The van der Waals surface area contributed by atoms with Crippen molar-refractivity contribution in [3.05, 3.63) is 85.1 Å². The highest BCUT2D eigenvalue weighted by Gasteiger charge is 2.47. The third-order valence-electron chi connectivity index (χ3n) is 11.8. The summed E-state index contributed by atoms with van der Waals surface area (Å²) in [6, 6.07) is 0. The Bertz CT molecular complexity index is 1540. The molecule has 0 bridgehead atoms. The lowest BCUT2D eigenvalue weighted by Gasteiger charge is -2.42. The highest BCUT2D eigenvalue weighted by molar-refractivity contribution is 5.70. The monoisotopic (exact) mass is 991 g/mol. The van der Waals surface area contributed by atoms with Crippen LogP contribution in [0.2, 0.25) is 0 Å². The van der Waals surface area contributed by atoms with E-state index in [2.05, 4.69) is 98.9 Å². The van der Waals surface area contributed by atoms with Crippen LogP contribution in [0.15, 0.2) is 85.1 Å². The van der Waals surface area contributed by atoms with Gasteiger partial charge in [-0.1, -0.05) is 131 Å². The Balaban J connectivity index is 1.84. The molecule has 2 heterocycles. The quantitative estimate of drug-likeness (QED) is 0.0179. The second-order valence-electron chi connectivity index (χ2n) is 18.0. The zero-order chi connectivity index (χ0) is 51.0. The average molecular weight is 991 g/mol. The second-order valence-corrected chi connectivity index (χ2v) is 18.0. The summed E-state index contributed by atoms with van der Waals surface area (Å²) in [6.45, 7) is 2.44. The van der Waals surface area contributed by atoms with Gasteiger partial charge in [-0.3, -0.25) is 9.59 Å². The summed E-state index contributed by atoms with van der Waals surface area (Å²) >= 11 is 0. The molecule has 0 aromatic rings. The third kappa shape index (κ3) is 28.7. The minimum absolute atomic E-state index is 0.114. The van der Waals surface area contributed by atoms with Gasteiger partial charge >= 0.3 is 11.9 Å². The number of allylic oxidation sites excluding steroid dienone is 14. The largest absolute Gasteiger partial charge is 0.462 e. The summed E-state index contributed by atoms with van der Waals surface area (Å²) in [7, 11) is 0. The number of esters is 2. The Morgan fingerprint density at radius 2 is 0.857 bits per heavy atom. The first-order valence-corrected chi connectivity index (χ1v) is 26.2. The highest BCUT2D eigenvalue weighted by atomic mass is 16.7. The number of hydrogen-bond donors (Lipinski definition) is 7. The van der Waals surface area contributed by atoms with Crippen LogP contribution in [0.3, 0.4) is 0 Å². The van der Waals surface area contributed by atoms with E-state index in [1.165, 1.54) is 38.5 Å². The number of rotatable bonds is 39. The number of hydrogen-bond acceptors (Lipinski definition) is 15. The summed E-state index contributed by atoms with van der Waals surface area (Å²) in [6.07, 6.45) is 33.2. The van der Waals surface area contributed by atoms with Crippen LogP contribution in [0.1, 0.15) is 155 Å². The van der Waals surface area contributed by atoms with Crippen molar-refractivity contribution in [3.8, 4) is 0 Å². The molecule has 15 nitrogen and oxygen atoms in total. The van der Waals surface area contributed by atoms with Gasteiger partial charge in [-0.05, 0) is 96.3 Å². The Morgan fingerprint density at radius 1 is 0.457 bits per heavy atom. The van der Waals surface area contributed by atoms with Gasteiger partial charge in [0.2, 0.25) is 0 Å². The summed E-state index contributed by atoms with van der Waals surface area (Å²) in [4.78, 5) is 25.8. The molecule has 2 aliphatic heterocycles. The molecule has 0 aliphatic carbocycles. The van der Waals surface area contributed by atoms with E-state index in [0.717, 1.165) is 77.0 Å². The molecule has 0 radical (unpaired) electrons. The van der Waals surface area contributed by atoms with Gasteiger partial charge < -0.3 is 64.2 Å². The lowest BCUT2D eigenvalue weighted by molar-refractivity contribution is -0.332. The predicted molar refractivity (Wildman–Crippen MR) is 270 cm³/mol. The van der Waals surface area contributed by atoms with E-state index in [1.807, 2.05) is 0 Å². The van der Waals surface area contributed by atoms with Gasteiger partial charge in [0.25, 0.3) is 0 Å². The predicted octanol–water partition coefficient (Wildman–Crippen LogP) is 7.60. The molecule has 2 saturated heterocycles. The van der Waals surface area contributed by atoms with Gasteiger partial charge in [0.05, 0.1) is 19.8 Å².